The van der Waals surface area contributed by atoms with Gasteiger partial charge in [0.25, 0.3) is 0 Å². The van der Waals surface area contributed by atoms with Crippen molar-refractivity contribution in [3.8, 4) is 0 Å². The molecule has 0 spiro atoms. The number of fused-ring (bicyclic) bond motifs is 1. The average molecular weight is 511 g/mol. The summed E-state index contributed by atoms with van der Waals surface area (Å²) in [6.45, 7) is 2.00. The monoisotopic (exact) mass is 511 g/mol. The molecule has 0 atom stereocenters. The van der Waals surface area contributed by atoms with Crippen LogP contribution in [0.5, 0.6) is 0 Å². The van der Waals surface area contributed by atoms with E-state index in [-0.39, 0.29) is 0 Å². The van der Waals surface area contributed by atoms with E-state index in [9.17, 15) is 0 Å². The van der Waals surface area contributed by atoms with E-state index < -0.39 is 0 Å². The van der Waals surface area contributed by atoms with Gasteiger partial charge in [0, 0.05) is 28.3 Å². The molecule has 0 aliphatic heterocycles. The summed E-state index contributed by atoms with van der Waals surface area (Å²) < 4.78 is 5.01. The molecule has 0 unspecified atom stereocenters. The fourth-order valence-corrected chi connectivity index (χ4v) is 2.80. The van der Waals surface area contributed by atoms with Crippen LogP contribution >= 0.6 is 67.8 Å². The summed E-state index contributed by atoms with van der Waals surface area (Å²) in [4.78, 5) is 4.34. The van der Waals surface area contributed by atoms with Crippen LogP contribution in [0.25, 0.3) is 5.52 Å². The maximum atomic E-state index is 4.38. The SMILES string of the molecule is Cc1cc2c(I)c(I)nn2c(I)n1. The lowest BCUT2D eigenvalue weighted by atomic mass is 10.4. The third-order valence-corrected chi connectivity index (χ3v) is 5.16. The van der Waals surface area contributed by atoms with Crippen LogP contribution in [0.2, 0.25) is 0 Å². The second-order valence-corrected chi connectivity index (χ2v) is 5.63. The van der Waals surface area contributed by atoms with Crippen molar-refractivity contribution in [3.63, 3.8) is 0 Å². The number of halogens is 3. The predicted molar refractivity (Wildman–Crippen MR) is 75.9 cm³/mol. The molecule has 0 saturated heterocycles. The highest BCUT2D eigenvalue weighted by molar-refractivity contribution is 14.1. The maximum Gasteiger partial charge on any atom is 0.192 e. The fourth-order valence-electron chi connectivity index (χ4n) is 1.07. The Labute approximate surface area is 116 Å². The molecule has 0 fully saturated rings. The van der Waals surface area contributed by atoms with Crippen molar-refractivity contribution in [1.82, 2.24) is 14.6 Å². The van der Waals surface area contributed by atoms with Gasteiger partial charge in [0.1, 0.15) is 3.70 Å². The first-order valence-electron chi connectivity index (χ1n) is 3.46. The zero-order chi connectivity index (χ0) is 9.59. The van der Waals surface area contributed by atoms with E-state index in [0.29, 0.717) is 0 Å². The second kappa shape index (κ2) is 3.76. The first-order chi connectivity index (χ1) is 6.09. The lowest BCUT2D eigenvalue weighted by Gasteiger charge is -1.97. The van der Waals surface area contributed by atoms with Gasteiger partial charge >= 0.3 is 0 Å². The van der Waals surface area contributed by atoms with Crippen LogP contribution < -0.4 is 0 Å². The van der Waals surface area contributed by atoms with Gasteiger partial charge in [0.15, 0.2) is 3.83 Å². The summed E-state index contributed by atoms with van der Waals surface area (Å²) in [6, 6.07) is 2.05. The van der Waals surface area contributed by atoms with Crippen molar-refractivity contribution in [2.24, 2.45) is 0 Å². The average Bonchev–Trinajstić information content (AvgIpc) is 2.32. The quantitative estimate of drug-likeness (QED) is 0.403. The third-order valence-electron chi connectivity index (χ3n) is 1.61. The smallest absolute Gasteiger partial charge is 0.192 e. The Kier molecular flexibility index (Phi) is 2.99. The molecule has 3 nitrogen and oxygen atoms in total. The molecule has 0 aromatic carbocycles. The molecular weight excluding hydrogens is 507 g/mol. The molecule has 0 radical (unpaired) electrons. The molecule has 6 heteroatoms. The van der Waals surface area contributed by atoms with Crippen LogP contribution in [-0.2, 0) is 0 Å². The lowest BCUT2D eigenvalue weighted by Crippen LogP contribution is -1.98. The van der Waals surface area contributed by atoms with Gasteiger partial charge < -0.3 is 0 Å². The number of aromatic nitrogens is 3. The highest BCUT2D eigenvalue weighted by Crippen LogP contribution is 2.21. The van der Waals surface area contributed by atoms with E-state index >= 15 is 0 Å². The number of nitrogens with zero attached hydrogens (tertiary/aromatic N) is 3. The molecule has 68 valence electrons. The molecule has 0 aliphatic rings. The number of hydrogen-bond acceptors (Lipinski definition) is 2. The minimum atomic E-state index is 0.911. The highest BCUT2D eigenvalue weighted by atomic mass is 127. The Balaban J connectivity index is 2.94. The molecular formula is C7H4I3N3. The van der Waals surface area contributed by atoms with Crippen molar-refractivity contribution < 1.29 is 0 Å². The number of hydrogen-bond donors (Lipinski definition) is 0. The Morgan fingerprint density at radius 3 is 2.69 bits per heavy atom. The standard InChI is InChI=1S/C7H4I3N3/c1-3-2-4-5(8)6(9)12-13(4)7(10)11-3/h2H,1H3. The molecule has 0 aliphatic carbocycles. The summed E-state index contributed by atoms with van der Waals surface area (Å²) in [5, 5.41) is 4.38. The van der Waals surface area contributed by atoms with Gasteiger partial charge in [0.05, 0.1) is 9.09 Å². The van der Waals surface area contributed by atoms with Crippen molar-refractivity contribution in [3.05, 3.63) is 22.9 Å². The van der Waals surface area contributed by atoms with E-state index in [1.165, 1.54) is 3.57 Å². The Morgan fingerprint density at radius 1 is 1.31 bits per heavy atom. The molecule has 13 heavy (non-hydrogen) atoms. The van der Waals surface area contributed by atoms with Gasteiger partial charge in [-0.25, -0.2) is 9.50 Å². The van der Waals surface area contributed by atoms with Crippen molar-refractivity contribution in [1.29, 1.82) is 0 Å². The topological polar surface area (TPSA) is 30.2 Å². The summed E-state index contributed by atoms with van der Waals surface area (Å²) in [6.07, 6.45) is 0. The van der Waals surface area contributed by atoms with Crippen LogP contribution in [0.3, 0.4) is 0 Å². The van der Waals surface area contributed by atoms with Gasteiger partial charge in [0.2, 0.25) is 0 Å². The molecule has 2 rings (SSSR count). The predicted octanol–water partition coefficient (Wildman–Crippen LogP) is 2.85. The molecule has 2 heterocycles. The van der Waals surface area contributed by atoms with Gasteiger partial charge in [-0.3, -0.25) is 0 Å². The lowest BCUT2D eigenvalue weighted by molar-refractivity contribution is 0.862. The van der Waals surface area contributed by atoms with Crippen LogP contribution in [0.15, 0.2) is 6.07 Å². The minimum absolute atomic E-state index is 0.911. The van der Waals surface area contributed by atoms with Crippen molar-refractivity contribution >= 4 is 73.3 Å². The second-order valence-electron chi connectivity index (χ2n) is 2.57. The van der Waals surface area contributed by atoms with Crippen molar-refractivity contribution in [2.75, 3.05) is 0 Å². The first-order valence-corrected chi connectivity index (χ1v) is 6.70. The van der Waals surface area contributed by atoms with E-state index in [4.69, 9.17) is 0 Å². The molecule has 0 saturated carbocycles. The maximum absolute atomic E-state index is 4.38. The van der Waals surface area contributed by atoms with Gasteiger partial charge in [-0.05, 0) is 58.2 Å². The molecule has 0 bridgehead atoms. The number of rotatable bonds is 0. The van der Waals surface area contributed by atoms with Crippen LogP contribution in [-0.4, -0.2) is 14.6 Å². The van der Waals surface area contributed by atoms with Crippen LogP contribution in [0, 0.1) is 18.0 Å². The Hall–Kier alpha value is 0.810. The van der Waals surface area contributed by atoms with E-state index in [2.05, 4.69) is 83.9 Å². The Morgan fingerprint density at radius 2 is 2.00 bits per heavy atom. The summed E-state index contributed by atoms with van der Waals surface area (Å²) in [5.74, 6) is 0. The first kappa shape index (κ1) is 10.3. The highest BCUT2D eigenvalue weighted by Gasteiger charge is 2.10. The number of aryl methyl sites for hydroxylation is 1. The third kappa shape index (κ3) is 1.80. The van der Waals surface area contributed by atoms with Gasteiger partial charge in [-0.1, -0.05) is 0 Å². The molecule has 0 amide bonds. The molecule has 0 N–H and O–H groups in total. The molecule has 2 aromatic heterocycles. The normalized spacial score (nSPS) is 11.1. The summed E-state index contributed by atoms with van der Waals surface area (Å²) >= 11 is 6.74. The zero-order valence-electron chi connectivity index (χ0n) is 6.55. The fraction of sp³-hybridized carbons (Fsp3) is 0.143. The Bertz CT molecular complexity index is 477. The van der Waals surface area contributed by atoms with E-state index in [1.54, 1.807) is 0 Å². The van der Waals surface area contributed by atoms with E-state index in [1.807, 2.05) is 11.4 Å². The van der Waals surface area contributed by atoms with Crippen molar-refractivity contribution in [2.45, 2.75) is 6.92 Å². The van der Waals surface area contributed by atoms with Gasteiger partial charge in [-0.15, -0.1) is 0 Å². The van der Waals surface area contributed by atoms with Gasteiger partial charge in [-0.2, -0.15) is 5.10 Å². The van der Waals surface area contributed by atoms with Crippen LogP contribution in [0.4, 0.5) is 0 Å². The summed E-state index contributed by atoms with van der Waals surface area (Å²) in [5.41, 5.74) is 2.17. The van der Waals surface area contributed by atoms with E-state index in [0.717, 1.165) is 18.7 Å². The largest absolute Gasteiger partial charge is 0.228 e. The van der Waals surface area contributed by atoms with Crippen LogP contribution in [0.1, 0.15) is 5.69 Å². The minimum Gasteiger partial charge on any atom is -0.228 e. The molecule has 2 aromatic rings. The summed E-state index contributed by atoms with van der Waals surface area (Å²) in [7, 11) is 0. The zero-order valence-corrected chi connectivity index (χ0v) is 13.0.